The van der Waals surface area contributed by atoms with Gasteiger partial charge in [-0.2, -0.15) is 5.10 Å². The first-order valence-corrected chi connectivity index (χ1v) is 8.77. The van der Waals surface area contributed by atoms with Crippen molar-refractivity contribution in [1.82, 2.24) is 20.1 Å². The number of aromatic nitrogens is 3. The number of rotatable bonds is 6. The summed E-state index contributed by atoms with van der Waals surface area (Å²) in [6.07, 6.45) is 2.40. The number of aromatic hydroxyl groups is 1. The van der Waals surface area contributed by atoms with Gasteiger partial charge in [-0.3, -0.25) is 4.79 Å². The number of aryl methyl sites for hydroxylation is 1. The zero-order chi connectivity index (χ0) is 19.4. The van der Waals surface area contributed by atoms with Crippen LogP contribution in [0.25, 0.3) is 11.1 Å². The van der Waals surface area contributed by atoms with Crippen LogP contribution in [0.3, 0.4) is 0 Å². The molecule has 1 unspecified atom stereocenters. The van der Waals surface area contributed by atoms with Gasteiger partial charge in [-0.15, -0.1) is 0 Å². The van der Waals surface area contributed by atoms with Gasteiger partial charge in [0.2, 0.25) is 0 Å². The fraction of sp³-hybridized carbons (Fsp3) is 0.250. The molecule has 7 heteroatoms. The second kappa shape index (κ2) is 7.99. The van der Waals surface area contributed by atoms with Gasteiger partial charge < -0.3 is 10.4 Å². The first-order valence-electron chi connectivity index (χ1n) is 8.77. The number of hydrogen-bond donors (Lipinski definition) is 2. The van der Waals surface area contributed by atoms with Gasteiger partial charge in [0.15, 0.2) is 11.6 Å². The number of para-hydroxylation sites is 1. The van der Waals surface area contributed by atoms with E-state index < -0.39 is 11.6 Å². The number of nitrogens with zero attached hydrogens (tertiary/aromatic N) is 3. The highest BCUT2D eigenvalue weighted by Crippen LogP contribution is 2.31. The Balaban J connectivity index is 1.74. The highest BCUT2D eigenvalue weighted by atomic mass is 19.1. The van der Waals surface area contributed by atoms with Gasteiger partial charge in [0.1, 0.15) is 12.2 Å². The van der Waals surface area contributed by atoms with E-state index >= 15 is 0 Å². The predicted octanol–water partition coefficient (Wildman–Crippen LogP) is 3.69. The molecule has 27 heavy (non-hydrogen) atoms. The van der Waals surface area contributed by atoms with Crippen molar-refractivity contribution in [2.45, 2.75) is 32.9 Å². The third kappa shape index (κ3) is 3.97. The molecule has 3 aromatic rings. The van der Waals surface area contributed by atoms with Crippen LogP contribution >= 0.6 is 0 Å². The number of carbonyl (C=O) groups excluding carboxylic acids is 1. The fourth-order valence-electron chi connectivity index (χ4n) is 2.89. The van der Waals surface area contributed by atoms with E-state index in [4.69, 9.17) is 0 Å². The lowest BCUT2D eigenvalue weighted by Crippen LogP contribution is -2.29. The van der Waals surface area contributed by atoms with E-state index in [0.29, 0.717) is 22.5 Å². The third-order valence-corrected chi connectivity index (χ3v) is 4.26. The molecular weight excluding hydrogens is 347 g/mol. The Labute approximate surface area is 156 Å². The number of phenolic OH excluding ortho intramolecular Hbond substituents is 1. The summed E-state index contributed by atoms with van der Waals surface area (Å²) in [4.78, 5) is 16.7. The fourth-order valence-corrected chi connectivity index (χ4v) is 2.89. The van der Waals surface area contributed by atoms with Gasteiger partial charge in [0, 0.05) is 17.7 Å². The standard InChI is InChI=1S/C20H21FN4O2/c1-3-11-25-19(22-12-23-25)13(2)24-20(27)15-9-7-14(8-10-15)16-5-4-6-17(21)18(16)26/h4-10,12-13,26H,3,11H2,1-2H3,(H,24,27). The van der Waals surface area contributed by atoms with Crippen LogP contribution in [0.15, 0.2) is 48.8 Å². The molecule has 0 spiro atoms. The number of amides is 1. The van der Waals surface area contributed by atoms with Gasteiger partial charge >= 0.3 is 0 Å². The number of phenols is 1. The predicted molar refractivity (Wildman–Crippen MR) is 99.7 cm³/mol. The Morgan fingerprint density at radius 2 is 2.00 bits per heavy atom. The van der Waals surface area contributed by atoms with Crippen molar-refractivity contribution in [1.29, 1.82) is 0 Å². The van der Waals surface area contributed by atoms with E-state index in [-0.39, 0.29) is 11.9 Å². The van der Waals surface area contributed by atoms with Crippen LogP contribution < -0.4 is 5.32 Å². The highest BCUT2D eigenvalue weighted by molar-refractivity contribution is 5.95. The maximum atomic E-state index is 13.5. The maximum Gasteiger partial charge on any atom is 0.251 e. The molecule has 0 aliphatic carbocycles. The molecule has 0 bridgehead atoms. The van der Waals surface area contributed by atoms with E-state index in [9.17, 15) is 14.3 Å². The molecule has 1 heterocycles. The van der Waals surface area contributed by atoms with E-state index in [1.807, 2.05) is 13.8 Å². The molecule has 0 saturated carbocycles. The lowest BCUT2D eigenvalue weighted by atomic mass is 10.0. The Hall–Kier alpha value is -3.22. The molecule has 3 rings (SSSR count). The van der Waals surface area contributed by atoms with Crippen molar-refractivity contribution < 1.29 is 14.3 Å². The third-order valence-electron chi connectivity index (χ3n) is 4.26. The van der Waals surface area contributed by atoms with Gasteiger partial charge in [0.25, 0.3) is 5.91 Å². The minimum Gasteiger partial charge on any atom is -0.504 e. The average Bonchev–Trinajstić information content (AvgIpc) is 3.13. The van der Waals surface area contributed by atoms with Crippen LogP contribution in [0.1, 0.15) is 42.5 Å². The zero-order valence-electron chi connectivity index (χ0n) is 15.2. The van der Waals surface area contributed by atoms with Crippen LogP contribution in [-0.2, 0) is 6.54 Å². The average molecular weight is 368 g/mol. The first-order chi connectivity index (χ1) is 13.0. The zero-order valence-corrected chi connectivity index (χ0v) is 15.2. The van der Waals surface area contributed by atoms with Crippen molar-refractivity contribution >= 4 is 5.91 Å². The summed E-state index contributed by atoms with van der Waals surface area (Å²) in [5, 5.41) is 16.9. The summed E-state index contributed by atoms with van der Waals surface area (Å²) >= 11 is 0. The van der Waals surface area contributed by atoms with E-state index in [1.54, 1.807) is 35.0 Å². The molecule has 6 nitrogen and oxygen atoms in total. The van der Waals surface area contributed by atoms with Crippen molar-refractivity contribution in [2.24, 2.45) is 0 Å². The van der Waals surface area contributed by atoms with Crippen LogP contribution in [-0.4, -0.2) is 25.8 Å². The van der Waals surface area contributed by atoms with E-state index in [2.05, 4.69) is 15.4 Å². The van der Waals surface area contributed by atoms with Gasteiger partial charge in [-0.25, -0.2) is 14.1 Å². The van der Waals surface area contributed by atoms with E-state index in [1.165, 1.54) is 18.5 Å². The van der Waals surface area contributed by atoms with Crippen molar-refractivity contribution in [2.75, 3.05) is 0 Å². The van der Waals surface area contributed by atoms with Crippen LogP contribution in [0.4, 0.5) is 4.39 Å². The molecule has 0 radical (unpaired) electrons. The molecule has 1 atom stereocenters. The number of benzene rings is 2. The van der Waals surface area contributed by atoms with E-state index in [0.717, 1.165) is 13.0 Å². The van der Waals surface area contributed by atoms with Gasteiger partial charge in [0.05, 0.1) is 6.04 Å². The Morgan fingerprint density at radius 3 is 2.70 bits per heavy atom. The Bertz CT molecular complexity index is 937. The van der Waals surface area contributed by atoms with Gasteiger partial charge in [-0.1, -0.05) is 31.2 Å². The number of nitrogens with one attached hydrogen (secondary N) is 1. The molecule has 0 saturated heterocycles. The van der Waals surface area contributed by atoms with Crippen molar-refractivity contribution in [3.63, 3.8) is 0 Å². The quantitative estimate of drug-likeness (QED) is 0.695. The smallest absolute Gasteiger partial charge is 0.251 e. The SMILES string of the molecule is CCCn1ncnc1C(C)NC(=O)c1ccc(-c2cccc(F)c2O)cc1. The maximum absolute atomic E-state index is 13.5. The van der Waals surface area contributed by atoms with Crippen molar-refractivity contribution in [3.8, 4) is 16.9 Å². The largest absolute Gasteiger partial charge is 0.504 e. The summed E-state index contributed by atoms with van der Waals surface area (Å²) in [7, 11) is 0. The van der Waals surface area contributed by atoms with Crippen LogP contribution in [0.5, 0.6) is 5.75 Å². The minimum absolute atomic E-state index is 0.247. The molecule has 140 valence electrons. The topological polar surface area (TPSA) is 80.0 Å². The number of carbonyl (C=O) groups is 1. The lowest BCUT2D eigenvalue weighted by Gasteiger charge is -2.14. The minimum atomic E-state index is -0.681. The number of hydrogen-bond acceptors (Lipinski definition) is 4. The summed E-state index contributed by atoms with van der Waals surface area (Å²) < 4.78 is 15.3. The monoisotopic (exact) mass is 368 g/mol. The molecular formula is C20H21FN4O2. The highest BCUT2D eigenvalue weighted by Gasteiger charge is 2.17. The van der Waals surface area contributed by atoms with Gasteiger partial charge in [-0.05, 0) is 37.1 Å². The number of halogens is 1. The normalized spacial score (nSPS) is 12.0. The molecule has 2 N–H and O–H groups in total. The second-order valence-corrected chi connectivity index (χ2v) is 6.25. The van der Waals surface area contributed by atoms with Crippen LogP contribution in [0.2, 0.25) is 0 Å². The summed E-state index contributed by atoms with van der Waals surface area (Å²) in [5.74, 6) is -0.631. The molecule has 1 amide bonds. The summed E-state index contributed by atoms with van der Waals surface area (Å²) in [6.45, 7) is 4.64. The first kappa shape index (κ1) is 18.6. The Kier molecular flexibility index (Phi) is 5.49. The lowest BCUT2D eigenvalue weighted by molar-refractivity contribution is 0.0937. The molecule has 0 aliphatic rings. The van der Waals surface area contributed by atoms with Crippen LogP contribution in [0, 0.1) is 5.82 Å². The summed E-state index contributed by atoms with van der Waals surface area (Å²) in [6, 6.07) is 10.7. The Morgan fingerprint density at radius 1 is 1.26 bits per heavy atom. The molecule has 0 aliphatic heterocycles. The second-order valence-electron chi connectivity index (χ2n) is 6.25. The molecule has 1 aromatic heterocycles. The summed E-state index contributed by atoms with van der Waals surface area (Å²) in [5.41, 5.74) is 1.46. The molecule has 0 fully saturated rings. The van der Waals surface area contributed by atoms with Crippen molar-refractivity contribution in [3.05, 3.63) is 66.0 Å². The molecule has 2 aromatic carbocycles.